The van der Waals surface area contributed by atoms with Gasteiger partial charge in [0.25, 0.3) is 5.91 Å². The van der Waals surface area contributed by atoms with Crippen molar-refractivity contribution in [1.82, 2.24) is 5.32 Å². The monoisotopic (exact) mass is 300 g/mol. The van der Waals surface area contributed by atoms with E-state index in [-0.39, 0.29) is 17.9 Å². The molecule has 2 aromatic rings. The van der Waals surface area contributed by atoms with Crippen LogP contribution in [0.4, 0.5) is 5.00 Å². The minimum atomic E-state index is -0.131. The first-order valence-electron chi connectivity index (χ1n) is 6.89. The molecule has 3 rings (SSSR count). The maximum Gasteiger partial charge on any atom is 0.261 e. The lowest BCUT2D eigenvalue weighted by atomic mass is 10.1. The third-order valence-electron chi connectivity index (χ3n) is 3.57. The van der Waals surface area contributed by atoms with E-state index in [1.165, 1.54) is 29.4 Å². The van der Waals surface area contributed by atoms with Crippen molar-refractivity contribution in [2.24, 2.45) is 0 Å². The van der Waals surface area contributed by atoms with Crippen LogP contribution in [0.3, 0.4) is 0 Å². The first-order valence-corrected chi connectivity index (χ1v) is 7.71. The molecule has 0 saturated heterocycles. The number of hydrogen-bond acceptors (Lipinski definition) is 3. The molecule has 1 atom stereocenters. The van der Waals surface area contributed by atoms with E-state index in [4.69, 9.17) is 0 Å². The lowest BCUT2D eigenvalue weighted by Crippen LogP contribution is -2.26. The van der Waals surface area contributed by atoms with Gasteiger partial charge >= 0.3 is 0 Å². The predicted molar refractivity (Wildman–Crippen MR) is 83.6 cm³/mol. The number of carbonyl (C=O) groups is 2. The van der Waals surface area contributed by atoms with Crippen LogP contribution in [0.15, 0.2) is 36.4 Å². The van der Waals surface area contributed by atoms with Crippen LogP contribution in [0, 0.1) is 0 Å². The smallest absolute Gasteiger partial charge is 0.261 e. The summed E-state index contributed by atoms with van der Waals surface area (Å²) in [5, 5.41) is 6.46. The van der Waals surface area contributed by atoms with Gasteiger partial charge in [-0.25, -0.2) is 0 Å². The zero-order valence-corrected chi connectivity index (χ0v) is 12.5. The molecule has 1 unspecified atom stereocenters. The van der Waals surface area contributed by atoms with E-state index in [2.05, 4.69) is 22.8 Å². The Kier molecular flexibility index (Phi) is 3.75. The van der Waals surface area contributed by atoms with E-state index in [1.54, 1.807) is 12.1 Å². The quantitative estimate of drug-likeness (QED) is 0.915. The number of anilines is 1. The number of amides is 2. The van der Waals surface area contributed by atoms with E-state index in [0.717, 1.165) is 12.8 Å². The highest BCUT2D eigenvalue weighted by Crippen LogP contribution is 2.31. The number of benzene rings is 1. The normalized spacial score (nSPS) is 16.3. The molecule has 0 bridgehead atoms. The van der Waals surface area contributed by atoms with Crippen molar-refractivity contribution in [3.05, 3.63) is 52.4 Å². The zero-order chi connectivity index (χ0) is 14.8. The third kappa shape index (κ3) is 2.97. The third-order valence-corrected chi connectivity index (χ3v) is 4.57. The Hall–Kier alpha value is -2.14. The van der Waals surface area contributed by atoms with Crippen LogP contribution in [0.1, 0.15) is 40.2 Å². The van der Waals surface area contributed by atoms with Gasteiger partial charge in [-0.1, -0.05) is 24.3 Å². The molecule has 2 amide bonds. The van der Waals surface area contributed by atoms with Crippen LogP contribution < -0.4 is 10.6 Å². The van der Waals surface area contributed by atoms with Gasteiger partial charge in [0, 0.05) is 6.92 Å². The number of nitrogens with one attached hydrogen (secondary N) is 2. The molecule has 1 aliphatic carbocycles. The topological polar surface area (TPSA) is 58.2 Å². The second kappa shape index (κ2) is 5.69. The average Bonchev–Trinajstić information content (AvgIpc) is 3.06. The van der Waals surface area contributed by atoms with Crippen LogP contribution >= 0.6 is 11.3 Å². The van der Waals surface area contributed by atoms with E-state index in [9.17, 15) is 9.59 Å². The summed E-state index contributed by atoms with van der Waals surface area (Å²) in [5.41, 5.74) is 2.53. The summed E-state index contributed by atoms with van der Waals surface area (Å²) in [4.78, 5) is 23.9. The Labute approximate surface area is 127 Å². The van der Waals surface area contributed by atoms with Gasteiger partial charge in [0.15, 0.2) is 0 Å². The molecule has 108 valence electrons. The molecule has 0 saturated carbocycles. The maximum absolute atomic E-state index is 12.3. The summed E-state index contributed by atoms with van der Waals surface area (Å²) >= 11 is 1.29. The van der Waals surface area contributed by atoms with Gasteiger partial charge in [-0.3, -0.25) is 9.59 Å². The van der Waals surface area contributed by atoms with E-state index >= 15 is 0 Å². The fourth-order valence-corrected chi connectivity index (χ4v) is 3.49. The SMILES string of the molecule is CC(=O)Nc1ccc(C(=O)NC2CCc3ccccc32)s1. The van der Waals surface area contributed by atoms with Gasteiger partial charge in [-0.2, -0.15) is 0 Å². The minimum Gasteiger partial charge on any atom is -0.345 e. The molecule has 1 heterocycles. The number of thiophene rings is 1. The van der Waals surface area contributed by atoms with Crippen LogP contribution in [-0.2, 0) is 11.2 Å². The van der Waals surface area contributed by atoms with Crippen LogP contribution in [-0.4, -0.2) is 11.8 Å². The Bertz CT molecular complexity index is 693. The fraction of sp³-hybridized carbons (Fsp3) is 0.250. The summed E-state index contributed by atoms with van der Waals surface area (Å²) in [6.07, 6.45) is 1.94. The van der Waals surface area contributed by atoms with Crippen LogP contribution in [0.2, 0.25) is 0 Å². The Morgan fingerprint density at radius 3 is 2.81 bits per heavy atom. The summed E-state index contributed by atoms with van der Waals surface area (Å²) < 4.78 is 0. The molecule has 0 fully saturated rings. The van der Waals surface area contributed by atoms with Crippen molar-refractivity contribution in [3.63, 3.8) is 0 Å². The van der Waals surface area contributed by atoms with Crippen molar-refractivity contribution >= 4 is 28.2 Å². The second-order valence-electron chi connectivity index (χ2n) is 5.11. The van der Waals surface area contributed by atoms with Gasteiger partial charge < -0.3 is 10.6 Å². The number of rotatable bonds is 3. The lowest BCUT2D eigenvalue weighted by molar-refractivity contribution is -0.114. The highest BCUT2D eigenvalue weighted by molar-refractivity contribution is 7.18. The number of fused-ring (bicyclic) bond motifs is 1. The Morgan fingerprint density at radius 2 is 2.00 bits per heavy atom. The zero-order valence-electron chi connectivity index (χ0n) is 11.7. The van der Waals surface area contributed by atoms with Gasteiger partial charge in [-0.05, 0) is 36.1 Å². The van der Waals surface area contributed by atoms with Crippen molar-refractivity contribution in [2.75, 3.05) is 5.32 Å². The second-order valence-corrected chi connectivity index (χ2v) is 6.19. The fourth-order valence-electron chi connectivity index (χ4n) is 2.64. The predicted octanol–water partition coefficient (Wildman–Crippen LogP) is 3.12. The Morgan fingerprint density at radius 1 is 1.19 bits per heavy atom. The molecular formula is C16H16N2O2S. The molecule has 5 heteroatoms. The summed E-state index contributed by atoms with van der Waals surface area (Å²) in [5.74, 6) is -0.216. The highest BCUT2D eigenvalue weighted by Gasteiger charge is 2.24. The summed E-state index contributed by atoms with van der Waals surface area (Å²) in [7, 11) is 0. The van der Waals surface area contributed by atoms with Crippen molar-refractivity contribution < 1.29 is 9.59 Å². The largest absolute Gasteiger partial charge is 0.345 e. The lowest BCUT2D eigenvalue weighted by Gasteiger charge is -2.13. The van der Waals surface area contributed by atoms with Gasteiger partial charge in [0.05, 0.1) is 15.9 Å². The Balaban J connectivity index is 1.70. The summed E-state index contributed by atoms with van der Waals surface area (Å²) in [6.45, 7) is 1.45. The van der Waals surface area contributed by atoms with Crippen molar-refractivity contribution in [2.45, 2.75) is 25.8 Å². The van der Waals surface area contributed by atoms with E-state index in [0.29, 0.717) is 9.88 Å². The molecule has 21 heavy (non-hydrogen) atoms. The first kappa shape index (κ1) is 13.8. The van der Waals surface area contributed by atoms with Gasteiger partial charge in [0.2, 0.25) is 5.91 Å². The van der Waals surface area contributed by atoms with Crippen molar-refractivity contribution in [1.29, 1.82) is 0 Å². The number of carbonyl (C=O) groups excluding carboxylic acids is 2. The first-order chi connectivity index (χ1) is 10.1. The summed E-state index contributed by atoms with van der Waals surface area (Å²) in [6, 6.07) is 11.8. The minimum absolute atomic E-state index is 0.0833. The van der Waals surface area contributed by atoms with Crippen LogP contribution in [0.5, 0.6) is 0 Å². The molecule has 0 spiro atoms. The number of hydrogen-bond donors (Lipinski definition) is 2. The van der Waals surface area contributed by atoms with Crippen LogP contribution in [0.25, 0.3) is 0 Å². The molecule has 1 aliphatic rings. The molecular weight excluding hydrogens is 284 g/mol. The molecule has 2 N–H and O–H groups in total. The molecule has 4 nitrogen and oxygen atoms in total. The standard InChI is InChI=1S/C16H16N2O2S/c1-10(19)17-15-9-8-14(21-15)16(20)18-13-7-6-11-4-2-3-5-12(11)13/h2-5,8-9,13H,6-7H2,1H3,(H,17,19)(H,18,20). The molecule has 0 radical (unpaired) electrons. The van der Waals surface area contributed by atoms with Gasteiger partial charge in [0.1, 0.15) is 0 Å². The van der Waals surface area contributed by atoms with Crippen molar-refractivity contribution in [3.8, 4) is 0 Å². The highest BCUT2D eigenvalue weighted by atomic mass is 32.1. The molecule has 1 aromatic heterocycles. The maximum atomic E-state index is 12.3. The average molecular weight is 300 g/mol. The molecule has 0 aliphatic heterocycles. The number of aryl methyl sites for hydroxylation is 1. The van der Waals surface area contributed by atoms with E-state index < -0.39 is 0 Å². The van der Waals surface area contributed by atoms with Gasteiger partial charge in [-0.15, -0.1) is 11.3 Å². The molecule has 1 aromatic carbocycles. The van der Waals surface area contributed by atoms with E-state index in [1.807, 2.05) is 12.1 Å².